The zero-order valence-corrected chi connectivity index (χ0v) is 8.91. The van der Waals surface area contributed by atoms with E-state index in [2.05, 4.69) is 0 Å². The van der Waals surface area contributed by atoms with E-state index in [0.29, 0.717) is 11.5 Å². The highest BCUT2D eigenvalue weighted by Crippen LogP contribution is 2.20. The maximum Gasteiger partial charge on any atom is 0.372 e. The fourth-order valence-corrected chi connectivity index (χ4v) is 1.55. The zero-order valence-electron chi connectivity index (χ0n) is 8.10. The molecule has 0 aliphatic heterocycles. The maximum absolute atomic E-state index is 11.1. The van der Waals surface area contributed by atoms with E-state index >= 15 is 0 Å². The summed E-state index contributed by atoms with van der Waals surface area (Å²) in [7, 11) is 0. The smallest absolute Gasteiger partial charge is 0.372 e. The van der Waals surface area contributed by atoms with Crippen molar-refractivity contribution in [1.82, 2.24) is 0 Å². The van der Waals surface area contributed by atoms with E-state index in [4.69, 9.17) is 9.84 Å². The molecule has 0 aliphatic carbocycles. The van der Waals surface area contributed by atoms with Crippen LogP contribution in [0.4, 0.5) is 4.79 Å². The summed E-state index contributed by atoms with van der Waals surface area (Å²) in [6, 6.07) is 6.05. The fraction of sp³-hybridized carbons (Fsp3) is 0.200. The lowest BCUT2D eigenvalue weighted by molar-refractivity contribution is 0.0697. The van der Waals surface area contributed by atoms with Crippen LogP contribution in [-0.2, 0) is 4.74 Å². The van der Waals surface area contributed by atoms with Crippen LogP contribution >= 0.6 is 11.8 Å². The molecule has 0 spiro atoms. The Morgan fingerprint density at radius 3 is 2.40 bits per heavy atom. The first-order chi connectivity index (χ1) is 7.13. The first kappa shape index (κ1) is 11.6. The molecule has 0 radical (unpaired) electrons. The van der Waals surface area contributed by atoms with E-state index < -0.39 is 5.97 Å². The number of carboxylic acids is 1. The van der Waals surface area contributed by atoms with Crippen LogP contribution in [0.15, 0.2) is 29.2 Å². The lowest BCUT2D eigenvalue weighted by Crippen LogP contribution is -1.97. The molecular formula is C10H10O4S. The molecule has 0 heterocycles. The van der Waals surface area contributed by atoms with Gasteiger partial charge in [-0.3, -0.25) is 0 Å². The van der Waals surface area contributed by atoms with Gasteiger partial charge in [-0.1, -0.05) is 0 Å². The number of benzene rings is 1. The Morgan fingerprint density at radius 2 is 1.93 bits per heavy atom. The third kappa shape index (κ3) is 3.63. The van der Waals surface area contributed by atoms with Crippen molar-refractivity contribution < 1.29 is 19.4 Å². The molecule has 1 rings (SSSR count). The molecule has 0 bridgehead atoms. The summed E-state index contributed by atoms with van der Waals surface area (Å²) < 4.78 is 4.73. The molecule has 4 nitrogen and oxygen atoms in total. The quantitative estimate of drug-likeness (QED) is 0.634. The van der Waals surface area contributed by atoms with E-state index in [1.807, 2.05) is 0 Å². The van der Waals surface area contributed by atoms with E-state index in [1.165, 1.54) is 12.1 Å². The Morgan fingerprint density at radius 1 is 1.33 bits per heavy atom. The molecule has 80 valence electrons. The van der Waals surface area contributed by atoms with Gasteiger partial charge in [0.1, 0.15) is 0 Å². The van der Waals surface area contributed by atoms with Crippen LogP contribution in [-0.4, -0.2) is 23.0 Å². The van der Waals surface area contributed by atoms with Gasteiger partial charge in [0.05, 0.1) is 12.2 Å². The minimum atomic E-state index is -0.984. The predicted octanol–water partition coefficient (Wildman–Crippen LogP) is 2.63. The van der Waals surface area contributed by atoms with Crippen LogP contribution in [0, 0.1) is 0 Å². The van der Waals surface area contributed by atoms with Gasteiger partial charge in [0.25, 0.3) is 0 Å². The van der Waals surface area contributed by atoms with Gasteiger partial charge in [-0.25, -0.2) is 9.59 Å². The normalized spacial score (nSPS) is 9.67. The summed E-state index contributed by atoms with van der Waals surface area (Å²) in [5, 5.41) is 8.26. The number of carbonyl (C=O) groups excluding carboxylic acids is 1. The number of carbonyl (C=O) groups is 2. The van der Waals surface area contributed by atoms with Gasteiger partial charge in [0.15, 0.2) is 0 Å². The minimum Gasteiger partial charge on any atom is -0.478 e. The zero-order chi connectivity index (χ0) is 11.3. The van der Waals surface area contributed by atoms with Gasteiger partial charge >= 0.3 is 11.3 Å². The number of hydrogen-bond acceptors (Lipinski definition) is 4. The molecule has 5 heteroatoms. The average molecular weight is 226 g/mol. The lowest BCUT2D eigenvalue weighted by Gasteiger charge is -2.01. The van der Waals surface area contributed by atoms with Crippen molar-refractivity contribution >= 4 is 23.0 Å². The largest absolute Gasteiger partial charge is 0.478 e. The summed E-state index contributed by atoms with van der Waals surface area (Å²) in [5.41, 5.74) is 0.197. The van der Waals surface area contributed by atoms with Gasteiger partial charge in [-0.2, -0.15) is 0 Å². The van der Waals surface area contributed by atoms with E-state index in [-0.39, 0.29) is 10.9 Å². The number of thioether (sulfide) groups is 1. The summed E-state index contributed by atoms with van der Waals surface area (Å²) in [4.78, 5) is 22.3. The summed E-state index contributed by atoms with van der Waals surface area (Å²) in [6.07, 6.45) is 0. The van der Waals surface area contributed by atoms with Crippen molar-refractivity contribution in [3.63, 3.8) is 0 Å². The topological polar surface area (TPSA) is 63.6 Å². The summed E-state index contributed by atoms with van der Waals surface area (Å²) in [6.45, 7) is 2.06. The molecule has 0 unspecified atom stereocenters. The molecule has 0 aliphatic rings. The van der Waals surface area contributed by atoms with Crippen LogP contribution in [0.3, 0.4) is 0 Å². The molecule has 1 aromatic rings. The molecule has 15 heavy (non-hydrogen) atoms. The molecule has 1 N–H and O–H groups in total. The SMILES string of the molecule is CCOC(=O)Sc1ccc(C(=O)O)cc1. The van der Waals surface area contributed by atoms with Gasteiger partial charge in [0, 0.05) is 4.90 Å². The van der Waals surface area contributed by atoms with Crippen LogP contribution in [0.2, 0.25) is 0 Å². The van der Waals surface area contributed by atoms with Crippen molar-refractivity contribution in [3.05, 3.63) is 29.8 Å². The van der Waals surface area contributed by atoms with Crippen LogP contribution in [0.25, 0.3) is 0 Å². The van der Waals surface area contributed by atoms with Crippen molar-refractivity contribution in [2.75, 3.05) is 6.61 Å². The number of rotatable bonds is 3. The van der Waals surface area contributed by atoms with Gasteiger partial charge in [-0.05, 0) is 43.0 Å². The molecule has 0 saturated carbocycles. The predicted molar refractivity (Wildman–Crippen MR) is 56.3 cm³/mol. The third-order valence-electron chi connectivity index (χ3n) is 1.56. The lowest BCUT2D eigenvalue weighted by atomic mass is 10.2. The minimum absolute atomic E-state index is 0.197. The first-order valence-electron chi connectivity index (χ1n) is 4.31. The number of hydrogen-bond donors (Lipinski definition) is 1. The Labute approximate surface area is 91.2 Å². The second kappa shape index (κ2) is 5.41. The monoisotopic (exact) mass is 226 g/mol. The molecule has 0 saturated heterocycles. The number of carboxylic acid groups (broad SMARTS) is 1. The molecular weight excluding hydrogens is 216 g/mol. The second-order valence-corrected chi connectivity index (χ2v) is 3.62. The van der Waals surface area contributed by atoms with Crippen molar-refractivity contribution in [2.45, 2.75) is 11.8 Å². The van der Waals surface area contributed by atoms with Crippen molar-refractivity contribution in [3.8, 4) is 0 Å². The molecule has 0 atom stereocenters. The first-order valence-corrected chi connectivity index (χ1v) is 5.13. The molecule has 1 aromatic carbocycles. The Hall–Kier alpha value is -1.49. The summed E-state index contributed by atoms with van der Waals surface area (Å²) in [5.74, 6) is -0.984. The molecule has 0 amide bonds. The van der Waals surface area contributed by atoms with Gasteiger partial charge in [-0.15, -0.1) is 0 Å². The average Bonchev–Trinajstić information content (AvgIpc) is 2.18. The van der Waals surface area contributed by atoms with E-state index in [1.54, 1.807) is 19.1 Å². The second-order valence-electron chi connectivity index (χ2n) is 2.61. The number of ether oxygens (including phenoxy) is 1. The van der Waals surface area contributed by atoms with Gasteiger partial charge < -0.3 is 9.84 Å². The highest BCUT2D eigenvalue weighted by Gasteiger charge is 2.06. The Bertz CT molecular complexity index is 358. The van der Waals surface area contributed by atoms with Gasteiger partial charge in [0.2, 0.25) is 0 Å². The standard InChI is InChI=1S/C10H10O4S/c1-2-14-10(13)15-8-5-3-7(4-6-8)9(11)12/h3-6H,2H2,1H3,(H,11,12). The molecule has 0 fully saturated rings. The van der Waals surface area contributed by atoms with E-state index in [9.17, 15) is 9.59 Å². The maximum atomic E-state index is 11.1. The van der Waals surface area contributed by atoms with Crippen molar-refractivity contribution in [1.29, 1.82) is 0 Å². The van der Waals surface area contributed by atoms with Crippen LogP contribution < -0.4 is 0 Å². The third-order valence-corrected chi connectivity index (χ3v) is 2.36. The Balaban J connectivity index is 2.64. The van der Waals surface area contributed by atoms with Crippen molar-refractivity contribution in [2.24, 2.45) is 0 Å². The van der Waals surface area contributed by atoms with Crippen LogP contribution in [0.1, 0.15) is 17.3 Å². The molecule has 0 aromatic heterocycles. The Kier molecular flexibility index (Phi) is 4.17. The summed E-state index contributed by atoms with van der Waals surface area (Å²) >= 11 is 0.935. The highest BCUT2D eigenvalue weighted by atomic mass is 32.2. The highest BCUT2D eigenvalue weighted by molar-refractivity contribution is 8.13. The van der Waals surface area contributed by atoms with E-state index in [0.717, 1.165) is 11.8 Å². The van der Waals surface area contributed by atoms with Crippen LogP contribution in [0.5, 0.6) is 0 Å². The number of aromatic carboxylic acids is 1. The fourth-order valence-electron chi connectivity index (χ4n) is 0.909.